The van der Waals surface area contributed by atoms with E-state index in [0.717, 1.165) is 11.3 Å². The van der Waals surface area contributed by atoms with E-state index in [2.05, 4.69) is 0 Å². The zero-order valence-corrected chi connectivity index (χ0v) is 13.5. The van der Waals surface area contributed by atoms with Crippen LogP contribution in [-0.2, 0) is 19.1 Å². The van der Waals surface area contributed by atoms with Crippen LogP contribution < -0.4 is 4.90 Å². The SMILES string of the molecule is COC1C(=CC(=O)OC(C)(C)C)c2ccccc2N1C(C)=O. The molecule has 1 amide bonds. The second-order valence-electron chi connectivity index (χ2n) is 6.13. The summed E-state index contributed by atoms with van der Waals surface area (Å²) in [5, 5.41) is 0. The summed E-state index contributed by atoms with van der Waals surface area (Å²) in [7, 11) is 1.51. The molecule has 0 saturated heterocycles. The molecule has 0 aliphatic carbocycles. The molecule has 5 heteroatoms. The Morgan fingerprint density at radius 3 is 2.41 bits per heavy atom. The topological polar surface area (TPSA) is 55.8 Å². The number of para-hydroxylation sites is 1. The summed E-state index contributed by atoms with van der Waals surface area (Å²) in [5.41, 5.74) is 1.59. The molecule has 5 nitrogen and oxygen atoms in total. The van der Waals surface area contributed by atoms with Gasteiger partial charge < -0.3 is 9.47 Å². The normalized spacial score (nSPS) is 19.2. The third kappa shape index (κ3) is 3.20. The number of rotatable bonds is 2. The van der Waals surface area contributed by atoms with Crippen molar-refractivity contribution in [3.05, 3.63) is 35.9 Å². The number of amides is 1. The standard InChI is InChI=1S/C17H21NO4/c1-11(19)18-14-9-7-6-8-12(14)13(16(18)21-5)10-15(20)22-17(2,3)4/h6-10,16H,1-5H3. The van der Waals surface area contributed by atoms with Gasteiger partial charge in [0.1, 0.15) is 5.60 Å². The van der Waals surface area contributed by atoms with E-state index in [0.29, 0.717) is 5.57 Å². The molecule has 1 heterocycles. The minimum Gasteiger partial charge on any atom is -0.457 e. The monoisotopic (exact) mass is 303 g/mol. The fourth-order valence-electron chi connectivity index (χ4n) is 2.50. The van der Waals surface area contributed by atoms with E-state index in [9.17, 15) is 9.59 Å². The maximum atomic E-state index is 12.1. The molecule has 0 fully saturated rings. The number of ether oxygens (including phenoxy) is 2. The van der Waals surface area contributed by atoms with Gasteiger partial charge in [0.15, 0.2) is 6.23 Å². The molecule has 0 aromatic heterocycles. The van der Waals surface area contributed by atoms with Crippen molar-refractivity contribution in [1.29, 1.82) is 0 Å². The summed E-state index contributed by atoms with van der Waals surface area (Å²) in [6, 6.07) is 7.40. The van der Waals surface area contributed by atoms with E-state index < -0.39 is 17.8 Å². The van der Waals surface area contributed by atoms with Crippen LogP contribution in [0.2, 0.25) is 0 Å². The summed E-state index contributed by atoms with van der Waals surface area (Å²) in [5.74, 6) is -0.600. The molecule has 0 spiro atoms. The zero-order valence-electron chi connectivity index (χ0n) is 13.5. The van der Waals surface area contributed by atoms with Crippen molar-refractivity contribution in [1.82, 2.24) is 0 Å². The van der Waals surface area contributed by atoms with Crippen molar-refractivity contribution in [2.75, 3.05) is 12.0 Å². The molecule has 0 N–H and O–H groups in total. The summed E-state index contributed by atoms with van der Waals surface area (Å²) < 4.78 is 10.8. The second-order valence-corrected chi connectivity index (χ2v) is 6.13. The number of nitrogens with zero attached hydrogens (tertiary/aromatic N) is 1. The Kier molecular flexibility index (Phi) is 4.37. The van der Waals surface area contributed by atoms with E-state index >= 15 is 0 Å². The van der Waals surface area contributed by atoms with Crippen LogP contribution in [-0.4, -0.2) is 30.8 Å². The number of esters is 1. The molecule has 1 atom stereocenters. The largest absolute Gasteiger partial charge is 0.457 e. The fraction of sp³-hybridized carbons (Fsp3) is 0.412. The second kappa shape index (κ2) is 5.93. The third-order valence-electron chi connectivity index (χ3n) is 3.22. The molecule has 0 radical (unpaired) electrons. The number of carbonyl (C=O) groups is 2. The van der Waals surface area contributed by atoms with Crippen molar-refractivity contribution in [3.8, 4) is 0 Å². The van der Waals surface area contributed by atoms with Gasteiger partial charge in [-0.2, -0.15) is 0 Å². The lowest BCUT2D eigenvalue weighted by Gasteiger charge is -2.23. The lowest BCUT2D eigenvalue weighted by atomic mass is 10.1. The lowest BCUT2D eigenvalue weighted by molar-refractivity contribution is -0.148. The van der Waals surface area contributed by atoms with Gasteiger partial charge >= 0.3 is 5.97 Å². The van der Waals surface area contributed by atoms with Gasteiger partial charge in [-0.05, 0) is 26.8 Å². The van der Waals surface area contributed by atoms with Gasteiger partial charge in [0.25, 0.3) is 0 Å². The van der Waals surface area contributed by atoms with E-state index in [4.69, 9.17) is 9.47 Å². The lowest BCUT2D eigenvalue weighted by Crippen LogP contribution is -2.37. The molecule has 1 aliphatic rings. The predicted molar refractivity (Wildman–Crippen MR) is 84.2 cm³/mol. The van der Waals surface area contributed by atoms with Crippen molar-refractivity contribution >= 4 is 23.1 Å². The van der Waals surface area contributed by atoms with E-state index in [1.54, 1.807) is 0 Å². The number of hydrogen-bond donors (Lipinski definition) is 0. The Morgan fingerprint density at radius 2 is 1.86 bits per heavy atom. The highest BCUT2D eigenvalue weighted by Crippen LogP contribution is 2.40. The summed E-state index contributed by atoms with van der Waals surface area (Å²) >= 11 is 0. The van der Waals surface area contributed by atoms with Crippen molar-refractivity contribution < 1.29 is 19.1 Å². The first-order valence-electron chi connectivity index (χ1n) is 7.11. The van der Waals surface area contributed by atoms with Gasteiger partial charge in [0.2, 0.25) is 5.91 Å². The van der Waals surface area contributed by atoms with Gasteiger partial charge in [0.05, 0.1) is 5.69 Å². The molecule has 118 valence electrons. The number of carbonyl (C=O) groups excluding carboxylic acids is 2. The molecule has 1 aliphatic heterocycles. The molecule has 0 bridgehead atoms. The van der Waals surface area contributed by atoms with Crippen LogP contribution in [0.15, 0.2) is 30.3 Å². The molecule has 2 rings (SSSR count). The van der Waals surface area contributed by atoms with Crippen LogP contribution in [0.1, 0.15) is 33.3 Å². The maximum Gasteiger partial charge on any atom is 0.331 e. The Bertz CT molecular complexity index is 628. The maximum absolute atomic E-state index is 12.1. The summed E-state index contributed by atoms with van der Waals surface area (Å²) in [6.45, 7) is 6.89. The van der Waals surface area contributed by atoms with Crippen LogP contribution in [0, 0.1) is 0 Å². The third-order valence-corrected chi connectivity index (χ3v) is 3.22. The first kappa shape index (κ1) is 16.2. The summed E-state index contributed by atoms with van der Waals surface area (Å²) in [4.78, 5) is 25.6. The number of anilines is 1. The Morgan fingerprint density at radius 1 is 1.23 bits per heavy atom. The highest BCUT2D eigenvalue weighted by atomic mass is 16.6. The fourth-order valence-corrected chi connectivity index (χ4v) is 2.50. The van der Waals surface area contributed by atoms with Gasteiger partial charge in [-0.15, -0.1) is 0 Å². The summed E-state index contributed by atoms with van der Waals surface area (Å²) in [6.07, 6.45) is 0.781. The van der Waals surface area contributed by atoms with Gasteiger partial charge in [-0.25, -0.2) is 4.79 Å². The van der Waals surface area contributed by atoms with E-state index in [1.807, 2.05) is 45.0 Å². The average Bonchev–Trinajstić information content (AvgIpc) is 2.70. The number of fused-ring (bicyclic) bond motifs is 1. The number of methoxy groups -OCH3 is 1. The van der Waals surface area contributed by atoms with Gasteiger partial charge in [-0.3, -0.25) is 9.69 Å². The molecular weight excluding hydrogens is 282 g/mol. The minimum atomic E-state index is -0.623. The van der Waals surface area contributed by atoms with Crippen molar-refractivity contribution in [2.45, 2.75) is 39.5 Å². The quantitative estimate of drug-likeness (QED) is 0.623. The molecule has 0 saturated carbocycles. The van der Waals surface area contributed by atoms with Crippen LogP contribution in [0.25, 0.3) is 5.57 Å². The minimum absolute atomic E-state index is 0.146. The van der Waals surface area contributed by atoms with Gasteiger partial charge in [0, 0.05) is 31.2 Å². The Hall–Kier alpha value is -2.14. The van der Waals surface area contributed by atoms with Crippen LogP contribution in [0.3, 0.4) is 0 Å². The number of benzene rings is 1. The highest BCUT2D eigenvalue weighted by molar-refractivity contribution is 6.06. The van der Waals surface area contributed by atoms with E-state index in [1.165, 1.54) is 25.0 Å². The zero-order chi connectivity index (χ0) is 16.5. The highest BCUT2D eigenvalue weighted by Gasteiger charge is 2.37. The van der Waals surface area contributed by atoms with Crippen LogP contribution >= 0.6 is 0 Å². The van der Waals surface area contributed by atoms with Crippen molar-refractivity contribution in [2.24, 2.45) is 0 Å². The predicted octanol–water partition coefficient (Wildman–Crippen LogP) is 2.75. The molecule has 1 aromatic carbocycles. The molecule has 1 aromatic rings. The van der Waals surface area contributed by atoms with Crippen LogP contribution in [0.4, 0.5) is 5.69 Å². The van der Waals surface area contributed by atoms with Crippen LogP contribution in [0.5, 0.6) is 0 Å². The first-order chi connectivity index (χ1) is 10.2. The van der Waals surface area contributed by atoms with Gasteiger partial charge in [-0.1, -0.05) is 18.2 Å². The average molecular weight is 303 g/mol. The number of hydrogen-bond acceptors (Lipinski definition) is 4. The molecular formula is C17H21NO4. The molecule has 22 heavy (non-hydrogen) atoms. The first-order valence-corrected chi connectivity index (χ1v) is 7.11. The van der Waals surface area contributed by atoms with E-state index in [-0.39, 0.29) is 5.91 Å². The van der Waals surface area contributed by atoms with Crippen molar-refractivity contribution in [3.63, 3.8) is 0 Å². The Labute approximate surface area is 130 Å². The Balaban J connectivity index is 2.46. The smallest absolute Gasteiger partial charge is 0.331 e. The molecule has 1 unspecified atom stereocenters.